The second kappa shape index (κ2) is 3.76. The monoisotopic (exact) mass is 205 g/mol. The Balaban J connectivity index is 1.99. The van der Waals surface area contributed by atoms with Crippen LogP contribution in [0.25, 0.3) is 0 Å². The van der Waals surface area contributed by atoms with Gasteiger partial charge in [-0.05, 0) is 13.0 Å². The second-order valence-corrected chi connectivity index (χ2v) is 3.66. The molecule has 0 spiro atoms. The molecule has 5 heteroatoms. The molecule has 0 fully saturated rings. The highest BCUT2D eigenvalue weighted by atomic mass is 15.3. The predicted molar refractivity (Wildman–Crippen MR) is 58.3 cm³/mol. The Kier molecular flexibility index (Phi) is 2.45. The molecule has 0 aliphatic carbocycles. The van der Waals surface area contributed by atoms with Crippen molar-refractivity contribution in [2.75, 3.05) is 5.73 Å². The van der Waals surface area contributed by atoms with Crippen LogP contribution in [0, 0.1) is 6.92 Å². The quantitative estimate of drug-likeness (QED) is 0.804. The maximum Gasteiger partial charge on any atom is 0.0822 e. The Morgan fingerprint density at radius 2 is 2.20 bits per heavy atom. The van der Waals surface area contributed by atoms with Crippen molar-refractivity contribution in [1.82, 2.24) is 19.6 Å². The van der Waals surface area contributed by atoms with Gasteiger partial charge in [0, 0.05) is 32.4 Å². The summed E-state index contributed by atoms with van der Waals surface area (Å²) in [6.45, 7) is 2.72. The van der Waals surface area contributed by atoms with Gasteiger partial charge in [0.2, 0.25) is 0 Å². The van der Waals surface area contributed by atoms with Crippen LogP contribution in [0.1, 0.15) is 11.4 Å². The Morgan fingerprint density at radius 1 is 1.40 bits per heavy atom. The molecule has 0 amide bonds. The fourth-order valence-electron chi connectivity index (χ4n) is 1.47. The fraction of sp³-hybridized carbons (Fsp3) is 0.400. The van der Waals surface area contributed by atoms with Gasteiger partial charge in [0.15, 0.2) is 0 Å². The molecule has 0 saturated heterocycles. The largest absolute Gasteiger partial charge is 0.396 e. The topological polar surface area (TPSA) is 61.7 Å². The summed E-state index contributed by atoms with van der Waals surface area (Å²) in [5.41, 5.74) is 8.42. The minimum absolute atomic E-state index is 0.746. The summed E-state index contributed by atoms with van der Waals surface area (Å²) in [6, 6.07) is 2.01. The van der Waals surface area contributed by atoms with Crippen LogP contribution in [0.2, 0.25) is 0 Å². The highest BCUT2D eigenvalue weighted by Crippen LogP contribution is 2.07. The molecule has 2 aromatic heterocycles. The van der Waals surface area contributed by atoms with Gasteiger partial charge in [-0.25, -0.2) is 0 Å². The first-order valence-corrected chi connectivity index (χ1v) is 4.93. The molecule has 0 unspecified atom stereocenters. The molecule has 0 saturated carbocycles. The van der Waals surface area contributed by atoms with Crippen LogP contribution in [0.15, 0.2) is 18.5 Å². The van der Waals surface area contributed by atoms with Crippen molar-refractivity contribution >= 4 is 5.69 Å². The zero-order chi connectivity index (χ0) is 10.8. The molecule has 0 bridgehead atoms. The summed E-state index contributed by atoms with van der Waals surface area (Å²) >= 11 is 0. The maximum absolute atomic E-state index is 5.71. The van der Waals surface area contributed by atoms with Gasteiger partial charge in [-0.3, -0.25) is 9.36 Å². The molecule has 80 valence electrons. The number of hydrogen-bond acceptors (Lipinski definition) is 3. The first kappa shape index (κ1) is 9.76. The lowest BCUT2D eigenvalue weighted by Crippen LogP contribution is -2.03. The molecule has 0 aliphatic heterocycles. The highest BCUT2D eigenvalue weighted by molar-refractivity contribution is 5.39. The van der Waals surface area contributed by atoms with E-state index in [0.717, 1.165) is 30.0 Å². The molecule has 0 atom stereocenters. The van der Waals surface area contributed by atoms with E-state index in [1.165, 1.54) is 0 Å². The lowest BCUT2D eigenvalue weighted by Gasteiger charge is -1.98. The number of nitrogens with zero attached hydrogens (tertiary/aromatic N) is 4. The van der Waals surface area contributed by atoms with E-state index < -0.39 is 0 Å². The maximum atomic E-state index is 5.71. The molecule has 2 N–H and O–H groups in total. The second-order valence-electron chi connectivity index (χ2n) is 3.66. The lowest BCUT2D eigenvalue weighted by atomic mass is 10.3. The van der Waals surface area contributed by atoms with Crippen molar-refractivity contribution in [2.24, 2.45) is 7.05 Å². The van der Waals surface area contributed by atoms with E-state index in [0.29, 0.717) is 0 Å². The van der Waals surface area contributed by atoms with Gasteiger partial charge in [0.1, 0.15) is 0 Å². The Labute approximate surface area is 88.5 Å². The van der Waals surface area contributed by atoms with Gasteiger partial charge >= 0.3 is 0 Å². The fourth-order valence-corrected chi connectivity index (χ4v) is 1.47. The normalized spacial score (nSPS) is 10.8. The number of hydrogen-bond donors (Lipinski definition) is 1. The predicted octanol–water partition coefficient (Wildman–Crippen LogP) is 0.750. The van der Waals surface area contributed by atoms with Crippen LogP contribution in [-0.2, 0) is 20.0 Å². The molecule has 2 aromatic rings. The Hall–Kier alpha value is -1.78. The molecule has 0 aromatic carbocycles. The molecular formula is C10H15N5. The van der Waals surface area contributed by atoms with Crippen molar-refractivity contribution in [3.05, 3.63) is 29.8 Å². The van der Waals surface area contributed by atoms with E-state index in [2.05, 4.69) is 10.2 Å². The van der Waals surface area contributed by atoms with E-state index in [-0.39, 0.29) is 0 Å². The third-order valence-corrected chi connectivity index (χ3v) is 2.35. The Morgan fingerprint density at radius 3 is 2.73 bits per heavy atom. The summed E-state index contributed by atoms with van der Waals surface area (Å²) in [5.74, 6) is 0. The van der Waals surface area contributed by atoms with Gasteiger partial charge in [0.05, 0.1) is 17.1 Å². The zero-order valence-electron chi connectivity index (χ0n) is 9.01. The molecule has 0 radical (unpaired) electrons. The number of anilines is 1. The smallest absolute Gasteiger partial charge is 0.0822 e. The van der Waals surface area contributed by atoms with Crippen molar-refractivity contribution in [3.8, 4) is 0 Å². The van der Waals surface area contributed by atoms with E-state index in [9.17, 15) is 0 Å². The number of aryl methyl sites for hydroxylation is 4. The molecule has 15 heavy (non-hydrogen) atoms. The highest BCUT2D eigenvalue weighted by Gasteiger charge is 2.02. The average molecular weight is 205 g/mol. The van der Waals surface area contributed by atoms with Crippen LogP contribution >= 0.6 is 0 Å². The summed E-state index contributed by atoms with van der Waals surface area (Å²) in [5, 5.41) is 8.59. The number of nitrogens with two attached hydrogens (primary N) is 1. The number of rotatable bonds is 3. The van der Waals surface area contributed by atoms with Crippen LogP contribution in [-0.4, -0.2) is 19.6 Å². The average Bonchev–Trinajstić information content (AvgIpc) is 2.72. The zero-order valence-corrected chi connectivity index (χ0v) is 9.01. The lowest BCUT2D eigenvalue weighted by molar-refractivity contribution is 0.597. The third-order valence-electron chi connectivity index (χ3n) is 2.35. The van der Waals surface area contributed by atoms with Gasteiger partial charge < -0.3 is 5.73 Å². The van der Waals surface area contributed by atoms with Crippen LogP contribution in [0.5, 0.6) is 0 Å². The summed E-state index contributed by atoms with van der Waals surface area (Å²) < 4.78 is 3.66. The summed E-state index contributed by atoms with van der Waals surface area (Å²) in [4.78, 5) is 0. The van der Waals surface area contributed by atoms with Crippen molar-refractivity contribution in [1.29, 1.82) is 0 Å². The van der Waals surface area contributed by atoms with Crippen molar-refractivity contribution < 1.29 is 0 Å². The first-order chi connectivity index (χ1) is 7.15. The molecular weight excluding hydrogens is 190 g/mol. The first-order valence-electron chi connectivity index (χ1n) is 4.93. The van der Waals surface area contributed by atoms with Crippen molar-refractivity contribution in [3.63, 3.8) is 0 Å². The van der Waals surface area contributed by atoms with E-state index in [1.54, 1.807) is 4.68 Å². The SMILES string of the molecule is Cc1nn(CCc2ccn(C)n2)cc1N. The van der Waals surface area contributed by atoms with Crippen molar-refractivity contribution in [2.45, 2.75) is 19.9 Å². The molecule has 5 nitrogen and oxygen atoms in total. The van der Waals surface area contributed by atoms with Gasteiger partial charge in [-0.15, -0.1) is 0 Å². The van der Waals surface area contributed by atoms with E-state index >= 15 is 0 Å². The minimum Gasteiger partial charge on any atom is -0.396 e. The van der Waals surface area contributed by atoms with E-state index in [4.69, 9.17) is 5.73 Å². The summed E-state index contributed by atoms with van der Waals surface area (Å²) in [6.07, 6.45) is 4.68. The number of aromatic nitrogens is 4. The number of nitrogen functional groups attached to an aromatic ring is 1. The van der Waals surface area contributed by atoms with Gasteiger partial charge in [-0.2, -0.15) is 10.2 Å². The van der Waals surface area contributed by atoms with Crippen LogP contribution in [0.4, 0.5) is 5.69 Å². The third kappa shape index (κ3) is 2.18. The van der Waals surface area contributed by atoms with Crippen LogP contribution in [0.3, 0.4) is 0 Å². The van der Waals surface area contributed by atoms with Crippen LogP contribution < -0.4 is 5.73 Å². The standard InChI is InChI=1S/C10H15N5/c1-8-10(11)7-15(12-8)6-4-9-3-5-14(2)13-9/h3,5,7H,4,6,11H2,1-2H3. The summed E-state index contributed by atoms with van der Waals surface area (Å²) in [7, 11) is 1.92. The molecule has 2 rings (SSSR count). The minimum atomic E-state index is 0.746. The van der Waals surface area contributed by atoms with Gasteiger partial charge in [0.25, 0.3) is 0 Å². The molecule has 2 heterocycles. The van der Waals surface area contributed by atoms with Gasteiger partial charge in [-0.1, -0.05) is 0 Å². The molecule has 0 aliphatic rings. The Bertz CT molecular complexity index is 435. The van der Waals surface area contributed by atoms with E-state index in [1.807, 2.05) is 37.1 Å².